The average Bonchev–Trinajstić information content (AvgIpc) is 2.14. The van der Waals surface area contributed by atoms with Crippen LogP contribution in [0.3, 0.4) is 0 Å². The van der Waals surface area contributed by atoms with E-state index in [0.717, 1.165) is 0 Å². The van der Waals surface area contributed by atoms with Gasteiger partial charge in [0.1, 0.15) is 0 Å². The normalized spacial score (nSPS) is 15.6. The van der Waals surface area contributed by atoms with Gasteiger partial charge in [0.05, 0.1) is 13.0 Å². The minimum absolute atomic E-state index is 0.0328. The molecule has 2 unspecified atom stereocenters. The average molecular weight is 278 g/mol. The van der Waals surface area contributed by atoms with Crippen molar-refractivity contribution in [2.45, 2.75) is 12.4 Å². The predicted molar refractivity (Wildman–Crippen MR) is 57.6 cm³/mol. The van der Waals surface area contributed by atoms with Crippen LogP contribution in [0.5, 0.6) is 0 Å². The maximum absolute atomic E-state index is 11.7. The Morgan fingerprint density at radius 1 is 1.50 bits per heavy atom. The number of hydrogen-bond acceptors (Lipinski definition) is 4. The number of methoxy groups -OCH3 is 1. The Morgan fingerprint density at radius 2 is 2.06 bits per heavy atom. The van der Waals surface area contributed by atoms with Gasteiger partial charge in [-0.25, -0.2) is 0 Å². The Morgan fingerprint density at radius 3 is 2.50 bits per heavy atom. The first-order valence-electron chi connectivity index (χ1n) is 4.39. The summed E-state index contributed by atoms with van der Waals surface area (Å²) in [5.74, 6) is -1.36. The number of carbonyl (C=O) groups is 1. The van der Waals surface area contributed by atoms with Crippen LogP contribution in [0.2, 0.25) is 0 Å². The van der Waals surface area contributed by atoms with Gasteiger partial charge in [0, 0.05) is 28.1 Å². The fourth-order valence-corrected chi connectivity index (χ4v) is 3.05. The second-order valence-electron chi connectivity index (χ2n) is 3.03. The van der Waals surface area contributed by atoms with Gasteiger partial charge in [-0.15, -0.1) is 0 Å². The van der Waals surface area contributed by atoms with E-state index in [4.69, 9.17) is 0 Å². The molecule has 0 aliphatic rings. The monoisotopic (exact) mass is 278 g/mol. The number of carbonyl (C=O) groups excluding carboxylic acids is 1. The third-order valence-electron chi connectivity index (χ3n) is 1.62. The Labute approximate surface area is 98.6 Å². The van der Waals surface area contributed by atoms with Crippen LogP contribution in [-0.2, 0) is 20.3 Å². The molecule has 2 atom stereocenters. The molecule has 0 radical (unpaired) electrons. The topological polar surface area (TPSA) is 43.4 Å². The molecule has 0 aliphatic heterocycles. The van der Waals surface area contributed by atoms with Gasteiger partial charge in [0.2, 0.25) is 0 Å². The molecule has 0 aromatic heterocycles. The summed E-state index contributed by atoms with van der Waals surface area (Å²) in [7, 11) is -0.219. The highest BCUT2D eigenvalue weighted by Crippen LogP contribution is 2.29. The van der Waals surface area contributed by atoms with E-state index in [9.17, 15) is 22.2 Å². The standard InChI is InChI=1S/C8H13F3O3S2/c1-6(7(12)14-2)5-16(13)4-3-15-8(9,10)11/h6H,3-5H2,1-2H3. The van der Waals surface area contributed by atoms with Crippen LogP contribution in [-0.4, -0.2) is 40.1 Å². The third-order valence-corrected chi connectivity index (χ3v) is 4.14. The van der Waals surface area contributed by atoms with E-state index in [1.807, 2.05) is 0 Å². The molecule has 96 valence electrons. The summed E-state index contributed by atoms with van der Waals surface area (Å²) < 4.78 is 50.9. The van der Waals surface area contributed by atoms with Crippen molar-refractivity contribution in [3.05, 3.63) is 0 Å². The second-order valence-corrected chi connectivity index (χ2v) is 5.81. The van der Waals surface area contributed by atoms with Crippen molar-refractivity contribution in [1.82, 2.24) is 0 Å². The summed E-state index contributed by atoms with van der Waals surface area (Å²) in [5.41, 5.74) is -4.29. The summed E-state index contributed by atoms with van der Waals surface area (Å²) in [4.78, 5) is 10.9. The van der Waals surface area contributed by atoms with E-state index >= 15 is 0 Å². The molecule has 8 heteroatoms. The van der Waals surface area contributed by atoms with Gasteiger partial charge in [-0.05, 0) is 0 Å². The fraction of sp³-hybridized carbons (Fsp3) is 0.875. The van der Waals surface area contributed by atoms with E-state index in [0.29, 0.717) is 0 Å². The number of alkyl halides is 3. The third kappa shape index (κ3) is 7.98. The number of esters is 1. The quantitative estimate of drug-likeness (QED) is 0.695. The van der Waals surface area contributed by atoms with Crippen LogP contribution >= 0.6 is 11.8 Å². The molecular weight excluding hydrogens is 265 g/mol. The van der Waals surface area contributed by atoms with Crippen LogP contribution < -0.4 is 0 Å². The molecule has 0 aromatic rings. The Bertz CT molecular complexity index is 255. The first-order valence-corrected chi connectivity index (χ1v) is 6.87. The highest BCUT2D eigenvalue weighted by molar-refractivity contribution is 8.00. The number of rotatable bonds is 6. The Kier molecular flexibility index (Phi) is 7.05. The van der Waals surface area contributed by atoms with Crippen molar-refractivity contribution in [2.75, 3.05) is 24.4 Å². The van der Waals surface area contributed by atoms with E-state index < -0.39 is 28.2 Å². The van der Waals surface area contributed by atoms with Gasteiger partial charge in [-0.1, -0.05) is 18.7 Å². The van der Waals surface area contributed by atoms with Crippen molar-refractivity contribution in [3.8, 4) is 0 Å². The largest absolute Gasteiger partial charge is 0.469 e. The molecule has 0 N–H and O–H groups in total. The number of thioether (sulfide) groups is 1. The lowest BCUT2D eigenvalue weighted by Gasteiger charge is -2.09. The SMILES string of the molecule is COC(=O)C(C)CS(=O)CCSC(F)(F)F. The minimum atomic E-state index is -4.29. The Balaban J connectivity index is 3.79. The molecule has 0 aliphatic carbocycles. The van der Waals surface area contributed by atoms with Gasteiger partial charge >= 0.3 is 11.5 Å². The summed E-state index contributed by atoms with van der Waals surface area (Å²) in [6.45, 7) is 1.53. The zero-order valence-corrected chi connectivity index (χ0v) is 10.5. The molecule has 0 heterocycles. The maximum Gasteiger partial charge on any atom is 0.441 e. The molecule has 0 aromatic carbocycles. The van der Waals surface area contributed by atoms with Gasteiger partial charge in [-0.3, -0.25) is 9.00 Å². The molecule has 0 fully saturated rings. The van der Waals surface area contributed by atoms with Gasteiger partial charge in [0.25, 0.3) is 0 Å². The van der Waals surface area contributed by atoms with Crippen molar-refractivity contribution >= 4 is 28.5 Å². The van der Waals surface area contributed by atoms with Crippen LogP contribution in [0.1, 0.15) is 6.92 Å². The van der Waals surface area contributed by atoms with E-state index in [1.165, 1.54) is 14.0 Å². The van der Waals surface area contributed by atoms with Crippen molar-refractivity contribution in [1.29, 1.82) is 0 Å². The van der Waals surface area contributed by atoms with E-state index in [2.05, 4.69) is 4.74 Å². The molecule has 0 saturated carbocycles. The summed E-state index contributed by atoms with van der Waals surface area (Å²) >= 11 is -0.206. The van der Waals surface area contributed by atoms with Gasteiger partial charge in [0.15, 0.2) is 0 Å². The molecular formula is C8H13F3O3S2. The van der Waals surface area contributed by atoms with Crippen molar-refractivity contribution in [2.24, 2.45) is 5.92 Å². The lowest BCUT2D eigenvalue weighted by molar-refractivity contribution is -0.144. The highest BCUT2D eigenvalue weighted by Gasteiger charge is 2.28. The van der Waals surface area contributed by atoms with Crippen molar-refractivity contribution < 1.29 is 26.9 Å². The number of hydrogen-bond donors (Lipinski definition) is 0. The molecule has 0 bridgehead atoms. The predicted octanol–water partition coefficient (Wildman–Crippen LogP) is 1.80. The van der Waals surface area contributed by atoms with Crippen LogP contribution in [0.15, 0.2) is 0 Å². The first-order chi connectivity index (χ1) is 7.26. The number of ether oxygens (including phenoxy) is 1. The van der Waals surface area contributed by atoms with E-state index in [1.54, 1.807) is 0 Å². The van der Waals surface area contributed by atoms with Crippen molar-refractivity contribution in [3.63, 3.8) is 0 Å². The smallest absolute Gasteiger partial charge is 0.441 e. The lowest BCUT2D eigenvalue weighted by Crippen LogP contribution is -2.21. The molecule has 16 heavy (non-hydrogen) atoms. The molecule has 0 spiro atoms. The maximum atomic E-state index is 11.7. The highest BCUT2D eigenvalue weighted by atomic mass is 32.2. The van der Waals surface area contributed by atoms with Gasteiger partial charge < -0.3 is 4.74 Å². The summed E-state index contributed by atoms with van der Waals surface area (Å²) in [6, 6.07) is 0. The van der Waals surface area contributed by atoms with E-state index in [-0.39, 0.29) is 29.0 Å². The zero-order valence-electron chi connectivity index (χ0n) is 8.87. The Hall–Kier alpha value is -0.240. The summed E-state index contributed by atoms with van der Waals surface area (Å²) in [5, 5.41) is 0. The zero-order chi connectivity index (χ0) is 12.8. The minimum Gasteiger partial charge on any atom is -0.469 e. The van der Waals surface area contributed by atoms with Crippen LogP contribution in [0.4, 0.5) is 13.2 Å². The lowest BCUT2D eigenvalue weighted by atomic mass is 10.2. The summed E-state index contributed by atoms with van der Waals surface area (Å²) in [6.07, 6.45) is 0. The first kappa shape index (κ1) is 15.8. The van der Waals surface area contributed by atoms with Crippen LogP contribution in [0, 0.1) is 5.92 Å². The molecule has 0 saturated heterocycles. The molecule has 0 amide bonds. The second kappa shape index (κ2) is 7.16. The molecule has 0 rings (SSSR count). The number of halogens is 3. The van der Waals surface area contributed by atoms with Crippen LogP contribution in [0.25, 0.3) is 0 Å². The van der Waals surface area contributed by atoms with Gasteiger partial charge in [-0.2, -0.15) is 13.2 Å². The fourth-order valence-electron chi connectivity index (χ4n) is 0.882. The molecule has 3 nitrogen and oxygen atoms in total.